The van der Waals surface area contributed by atoms with Crippen molar-refractivity contribution >= 4 is 12.0 Å². The Hall–Kier alpha value is -1.91. The second kappa shape index (κ2) is 6.31. The highest BCUT2D eigenvalue weighted by atomic mass is 16.1. The minimum absolute atomic E-state index is 0.246. The molecule has 0 atom stereocenters. The van der Waals surface area contributed by atoms with Crippen molar-refractivity contribution in [3.05, 3.63) is 34.4 Å². The number of anilines is 1. The summed E-state index contributed by atoms with van der Waals surface area (Å²) in [5.41, 5.74) is 0.0292. The summed E-state index contributed by atoms with van der Waals surface area (Å²) in [6.07, 6.45) is 8.53. The lowest BCUT2D eigenvalue weighted by molar-refractivity contribution is 0.529. The highest BCUT2D eigenvalue weighted by Gasteiger charge is 2.18. The lowest BCUT2D eigenvalue weighted by Crippen LogP contribution is -2.21. The van der Waals surface area contributed by atoms with Crippen molar-refractivity contribution in [2.45, 2.75) is 32.1 Å². The van der Waals surface area contributed by atoms with Gasteiger partial charge in [0.15, 0.2) is 0 Å². The second-order valence-corrected chi connectivity index (χ2v) is 4.94. The summed E-state index contributed by atoms with van der Waals surface area (Å²) in [6.45, 7) is 4.15. The van der Waals surface area contributed by atoms with Crippen molar-refractivity contribution < 1.29 is 0 Å². The van der Waals surface area contributed by atoms with Crippen LogP contribution in [0.4, 0.5) is 5.82 Å². The first-order valence-electron chi connectivity index (χ1n) is 6.73. The van der Waals surface area contributed by atoms with E-state index in [1.165, 1.54) is 25.7 Å². The van der Waals surface area contributed by atoms with Gasteiger partial charge in [0.05, 0.1) is 5.56 Å². The van der Waals surface area contributed by atoms with Crippen LogP contribution in [0.15, 0.2) is 17.4 Å². The van der Waals surface area contributed by atoms with Crippen LogP contribution >= 0.6 is 0 Å². The first-order valence-corrected chi connectivity index (χ1v) is 6.73. The monoisotopic (exact) mass is 260 g/mol. The fourth-order valence-corrected chi connectivity index (χ4v) is 2.55. The third-order valence-electron chi connectivity index (χ3n) is 3.52. The van der Waals surface area contributed by atoms with Crippen LogP contribution < -0.4 is 10.9 Å². The average molecular weight is 260 g/mol. The van der Waals surface area contributed by atoms with Gasteiger partial charge >= 0.3 is 0 Å². The van der Waals surface area contributed by atoms with E-state index in [0.717, 1.165) is 12.6 Å². The molecule has 1 fully saturated rings. The van der Waals surface area contributed by atoms with Crippen LogP contribution in [0.25, 0.3) is 0 Å². The molecular weight excluding hydrogens is 240 g/mol. The molecule has 0 bridgehead atoms. The number of hydrogen-bond acceptors (Lipinski definition) is 4. The largest absolute Gasteiger partial charge is 0.366 e. The van der Waals surface area contributed by atoms with Crippen LogP contribution in [-0.2, 0) is 6.42 Å². The SMILES string of the molecule is C=CCNc1nc(CC2CCCC2)[nH]c(=O)c1C=N. The standard InChI is InChI=1S/C14H20N4O/c1-2-7-16-13-11(9-15)14(19)18-12(17-13)8-10-5-3-4-6-10/h2,9-10,15H,1,3-8H2,(H2,16,17,18,19). The topological polar surface area (TPSA) is 81.6 Å². The molecule has 1 aliphatic carbocycles. The Morgan fingerprint density at radius 1 is 1.47 bits per heavy atom. The number of nitrogens with one attached hydrogen (secondary N) is 3. The predicted octanol–water partition coefficient (Wildman–Crippen LogP) is 2.10. The highest BCUT2D eigenvalue weighted by molar-refractivity contribution is 5.83. The maximum absolute atomic E-state index is 11.9. The molecule has 0 aliphatic heterocycles. The molecule has 1 aromatic heterocycles. The number of H-pyrrole nitrogens is 1. The molecule has 5 nitrogen and oxygen atoms in total. The van der Waals surface area contributed by atoms with Gasteiger partial charge in [0.2, 0.25) is 0 Å². The summed E-state index contributed by atoms with van der Waals surface area (Å²) < 4.78 is 0. The highest BCUT2D eigenvalue weighted by Crippen LogP contribution is 2.27. The average Bonchev–Trinajstić information content (AvgIpc) is 2.89. The third-order valence-corrected chi connectivity index (χ3v) is 3.52. The fourth-order valence-electron chi connectivity index (χ4n) is 2.55. The Morgan fingerprint density at radius 3 is 2.84 bits per heavy atom. The zero-order valence-electron chi connectivity index (χ0n) is 11.0. The van der Waals surface area contributed by atoms with E-state index in [1.54, 1.807) is 6.08 Å². The zero-order chi connectivity index (χ0) is 13.7. The molecule has 0 aromatic carbocycles. The number of rotatable bonds is 6. The molecule has 1 aliphatic rings. The first-order chi connectivity index (χ1) is 9.24. The minimum atomic E-state index is -0.246. The van der Waals surface area contributed by atoms with Gasteiger partial charge in [0.1, 0.15) is 11.6 Å². The van der Waals surface area contributed by atoms with Crippen molar-refractivity contribution in [2.24, 2.45) is 5.92 Å². The van der Waals surface area contributed by atoms with E-state index in [2.05, 4.69) is 21.9 Å². The van der Waals surface area contributed by atoms with Gasteiger partial charge in [0, 0.05) is 19.2 Å². The maximum atomic E-state index is 11.9. The van der Waals surface area contributed by atoms with E-state index >= 15 is 0 Å². The summed E-state index contributed by atoms with van der Waals surface area (Å²) >= 11 is 0. The molecular formula is C14H20N4O. The lowest BCUT2D eigenvalue weighted by Gasteiger charge is -2.11. The molecule has 1 saturated carbocycles. The van der Waals surface area contributed by atoms with Gasteiger partial charge < -0.3 is 15.7 Å². The number of aromatic nitrogens is 2. The van der Waals surface area contributed by atoms with Crippen molar-refractivity contribution in [2.75, 3.05) is 11.9 Å². The van der Waals surface area contributed by atoms with Gasteiger partial charge in [-0.05, 0) is 5.92 Å². The molecule has 102 valence electrons. The summed E-state index contributed by atoms with van der Waals surface area (Å²) in [4.78, 5) is 19.1. The molecule has 3 N–H and O–H groups in total. The number of aromatic amines is 1. The van der Waals surface area contributed by atoms with E-state index in [1.807, 2.05) is 0 Å². The molecule has 0 saturated heterocycles. The predicted molar refractivity (Wildman–Crippen MR) is 77.1 cm³/mol. The van der Waals surface area contributed by atoms with Crippen molar-refractivity contribution in [1.82, 2.24) is 9.97 Å². The Bertz CT molecular complexity index is 515. The van der Waals surface area contributed by atoms with Crippen LogP contribution in [0.1, 0.15) is 37.1 Å². The first kappa shape index (κ1) is 13.5. The van der Waals surface area contributed by atoms with Crippen LogP contribution in [0, 0.1) is 11.3 Å². The van der Waals surface area contributed by atoms with Gasteiger partial charge in [-0.1, -0.05) is 31.8 Å². The Morgan fingerprint density at radius 2 is 2.21 bits per heavy atom. The van der Waals surface area contributed by atoms with Gasteiger partial charge in [-0.25, -0.2) is 4.98 Å². The number of nitrogens with zero attached hydrogens (tertiary/aromatic N) is 1. The van der Waals surface area contributed by atoms with Crippen LogP contribution in [0.5, 0.6) is 0 Å². The van der Waals surface area contributed by atoms with Gasteiger partial charge in [-0.15, -0.1) is 6.58 Å². The minimum Gasteiger partial charge on any atom is -0.366 e. The smallest absolute Gasteiger partial charge is 0.261 e. The van der Waals surface area contributed by atoms with Crippen LogP contribution in [0.3, 0.4) is 0 Å². The van der Waals surface area contributed by atoms with E-state index in [-0.39, 0.29) is 11.1 Å². The lowest BCUT2D eigenvalue weighted by atomic mass is 10.0. The van der Waals surface area contributed by atoms with E-state index in [4.69, 9.17) is 5.41 Å². The van der Waals surface area contributed by atoms with Crippen molar-refractivity contribution in [1.29, 1.82) is 5.41 Å². The normalized spacial score (nSPS) is 15.4. The van der Waals surface area contributed by atoms with E-state index in [9.17, 15) is 4.79 Å². The van der Waals surface area contributed by atoms with Gasteiger partial charge in [-0.2, -0.15) is 0 Å². The van der Waals surface area contributed by atoms with Crippen LogP contribution in [-0.4, -0.2) is 22.7 Å². The van der Waals surface area contributed by atoms with E-state index in [0.29, 0.717) is 24.1 Å². The Kier molecular flexibility index (Phi) is 4.49. The number of hydrogen-bond donors (Lipinski definition) is 3. The quantitative estimate of drug-likeness (QED) is 0.541. The molecule has 0 amide bonds. The van der Waals surface area contributed by atoms with Gasteiger partial charge in [-0.3, -0.25) is 4.79 Å². The maximum Gasteiger partial charge on any atom is 0.261 e. The van der Waals surface area contributed by atoms with Crippen LogP contribution in [0.2, 0.25) is 0 Å². The molecule has 0 spiro atoms. The summed E-state index contributed by atoms with van der Waals surface area (Å²) in [6, 6.07) is 0. The third kappa shape index (κ3) is 3.30. The fraction of sp³-hybridized carbons (Fsp3) is 0.500. The second-order valence-electron chi connectivity index (χ2n) is 4.94. The molecule has 2 rings (SSSR count). The molecule has 5 heteroatoms. The molecule has 0 radical (unpaired) electrons. The Labute approximate surface area is 112 Å². The van der Waals surface area contributed by atoms with E-state index < -0.39 is 0 Å². The van der Waals surface area contributed by atoms with Crippen molar-refractivity contribution in [3.8, 4) is 0 Å². The molecule has 0 unspecified atom stereocenters. The Balaban J connectivity index is 2.23. The summed E-state index contributed by atoms with van der Waals surface area (Å²) in [5.74, 6) is 1.82. The molecule has 1 heterocycles. The van der Waals surface area contributed by atoms with Gasteiger partial charge in [0.25, 0.3) is 5.56 Å². The summed E-state index contributed by atoms with van der Waals surface area (Å²) in [7, 11) is 0. The zero-order valence-corrected chi connectivity index (χ0v) is 11.0. The van der Waals surface area contributed by atoms with Crippen molar-refractivity contribution in [3.63, 3.8) is 0 Å². The summed E-state index contributed by atoms with van der Waals surface area (Å²) in [5, 5.41) is 10.3. The molecule has 19 heavy (non-hydrogen) atoms. The molecule has 1 aromatic rings.